The smallest absolute Gasteiger partial charge is 0.306 e. The first kappa shape index (κ1) is 15.0. The monoisotopic (exact) mass is 281 g/mol. The van der Waals surface area contributed by atoms with Gasteiger partial charge < -0.3 is 10.5 Å². The molecule has 0 spiro atoms. The van der Waals surface area contributed by atoms with Gasteiger partial charge in [-0.15, -0.1) is 0 Å². The number of rotatable bonds is 3. The molecule has 1 aliphatic carbocycles. The van der Waals surface area contributed by atoms with E-state index < -0.39 is 5.91 Å². The molecule has 0 aromatic rings. The van der Waals surface area contributed by atoms with E-state index >= 15 is 0 Å². The zero-order valence-electron chi connectivity index (χ0n) is 12.1. The van der Waals surface area contributed by atoms with Gasteiger partial charge in [0.2, 0.25) is 5.91 Å². The van der Waals surface area contributed by atoms with Gasteiger partial charge in [-0.2, -0.15) is 0 Å². The van der Waals surface area contributed by atoms with E-state index in [4.69, 9.17) is 10.5 Å². The molecule has 0 aromatic carbocycles. The van der Waals surface area contributed by atoms with Gasteiger partial charge >= 0.3 is 5.97 Å². The fourth-order valence-corrected chi connectivity index (χ4v) is 3.67. The quantitative estimate of drug-likeness (QED) is 0.793. The van der Waals surface area contributed by atoms with Crippen LogP contribution in [-0.4, -0.2) is 23.8 Å². The summed E-state index contributed by atoms with van der Waals surface area (Å²) in [4.78, 5) is 35.0. The predicted octanol–water partition coefficient (Wildman–Crippen LogP) is 1.43. The molecule has 1 saturated heterocycles. The Bertz CT molecular complexity index is 418. The number of primary amides is 1. The summed E-state index contributed by atoms with van der Waals surface area (Å²) in [5.41, 5.74) is 5.21. The highest BCUT2D eigenvalue weighted by atomic mass is 16.5. The maximum atomic E-state index is 12.3. The van der Waals surface area contributed by atoms with Crippen LogP contribution in [0, 0.1) is 23.7 Å². The fourth-order valence-electron chi connectivity index (χ4n) is 3.67. The van der Waals surface area contributed by atoms with Crippen LogP contribution in [0.15, 0.2) is 0 Å². The molecular weight excluding hydrogens is 258 g/mol. The molecule has 0 unspecified atom stereocenters. The molecule has 0 radical (unpaired) electrons. The van der Waals surface area contributed by atoms with Gasteiger partial charge in [-0.05, 0) is 31.1 Å². The van der Waals surface area contributed by atoms with Crippen molar-refractivity contribution >= 4 is 17.7 Å². The number of ether oxygens (including phenoxy) is 1. The molecule has 1 aliphatic heterocycles. The molecule has 2 fully saturated rings. The van der Waals surface area contributed by atoms with Gasteiger partial charge in [-0.25, -0.2) is 0 Å². The Balaban J connectivity index is 2.08. The normalized spacial score (nSPS) is 38.4. The van der Waals surface area contributed by atoms with Crippen molar-refractivity contribution in [3.8, 4) is 0 Å². The molecule has 2 aliphatic rings. The summed E-state index contributed by atoms with van der Waals surface area (Å²) in [7, 11) is 0. The van der Waals surface area contributed by atoms with Crippen LogP contribution in [0.3, 0.4) is 0 Å². The minimum Gasteiger partial charge on any atom is -0.462 e. The number of carbonyl (C=O) groups excluding carboxylic acids is 3. The summed E-state index contributed by atoms with van der Waals surface area (Å²) >= 11 is 0. The van der Waals surface area contributed by atoms with Crippen molar-refractivity contribution in [2.45, 2.75) is 52.1 Å². The highest BCUT2D eigenvalue weighted by Gasteiger charge is 2.42. The average molecular weight is 281 g/mol. The van der Waals surface area contributed by atoms with Crippen molar-refractivity contribution < 1.29 is 19.1 Å². The van der Waals surface area contributed by atoms with Gasteiger partial charge in [0.1, 0.15) is 11.9 Å². The van der Waals surface area contributed by atoms with E-state index in [-0.39, 0.29) is 48.5 Å². The third-order valence-electron chi connectivity index (χ3n) is 4.51. The molecule has 20 heavy (non-hydrogen) atoms. The van der Waals surface area contributed by atoms with E-state index in [0.29, 0.717) is 12.3 Å². The van der Waals surface area contributed by atoms with E-state index in [1.54, 1.807) is 0 Å². The highest BCUT2D eigenvalue weighted by Crippen LogP contribution is 2.37. The number of hydrogen-bond donors (Lipinski definition) is 1. The molecule has 1 saturated carbocycles. The van der Waals surface area contributed by atoms with Gasteiger partial charge in [0.25, 0.3) is 0 Å². The van der Waals surface area contributed by atoms with Crippen molar-refractivity contribution in [1.82, 2.24) is 0 Å². The molecular formula is C15H23NO4. The van der Waals surface area contributed by atoms with E-state index in [1.807, 2.05) is 6.92 Å². The lowest BCUT2D eigenvalue weighted by Crippen LogP contribution is -2.44. The molecule has 1 heterocycles. The van der Waals surface area contributed by atoms with Crippen LogP contribution in [0.2, 0.25) is 0 Å². The largest absolute Gasteiger partial charge is 0.462 e. The van der Waals surface area contributed by atoms with Crippen LogP contribution in [0.5, 0.6) is 0 Å². The molecule has 0 bridgehead atoms. The molecule has 112 valence electrons. The summed E-state index contributed by atoms with van der Waals surface area (Å²) in [6, 6.07) is 0. The third-order valence-corrected chi connectivity index (χ3v) is 4.51. The summed E-state index contributed by atoms with van der Waals surface area (Å²) in [5, 5.41) is 0. The summed E-state index contributed by atoms with van der Waals surface area (Å²) in [6.07, 6.45) is 2.29. The molecule has 5 heteroatoms. The van der Waals surface area contributed by atoms with E-state index in [1.165, 1.54) is 0 Å². The zero-order chi connectivity index (χ0) is 14.9. The Labute approximate surface area is 119 Å². The standard InChI is InChI=1S/C15H23NO4/c1-8-3-9(2)15(19)11(4-8)12-5-10(6-13(16)17)7-14(18)20-12/h8-12H,3-7H2,1-2H3,(H2,16,17)/t8-,9+,10+,11-,12+/m1/s1. The van der Waals surface area contributed by atoms with E-state index in [0.717, 1.165) is 12.8 Å². The number of hydrogen-bond acceptors (Lipinski definition) is 4. The van der Waals surface area contributed by atoms with Crippen molar-refractivity contribution in [1.29, 1.82) is 0 Å². The SMILES string of the molecule is C[C@@H]1C[C@H](C)C(=O)[C@@H]([C@@H]2C[C@@H](CC(N)=O)CC(=O)O2)C1. The lowest BCUT2D eigenvalue weighted by molar-refractivity contribution is -0.164. The molecule has 2 N–H and O–H groups in total. The Morgan fingerprint density at radius 3 is 2.60 bits per heavy atom. The second-order valence-corrected chi connectivity index (χ2v) is 6.49. The molecule has 2 rings (SSSR count). The first-order valence-corrected chi connectivity index (χ1v) is 7.38. The second kappa shape index (κ2) is 5.94. The molecule has 5 nitrogen and oxygen atoms in total. The first-order valence-electron chi connectivity index (χ1n) is 7.38. The lowest BCUT2D eigenvalue weighted by Gasteiger charge is -2.38. The Hall–Kier alpha value is -1.39. The van der Waals surface area contributed by atoms with Crippen molar-refractivity contribution in [2.24, 2.45) is 29.4 Å². The molecule has 5 atom stereocenters. The van der Waals surface area contributed by atoms with Gasteiger partial charge in [0, 0.05) is 18.8 Å². The maximum absolute atomic E-state index is 12.3. The average Bonchev–Trinajstić information content (AvgIpc) is 2.32. The topological polar surface area (TPSA) is 86.5 Å². The number of amides is 1. The van der Waals surface area contributed by atoms with Crippen molar-refractivity contribution in [2.75, 3.05) is 0 Å². The number of Topliss-reactive ketones (excluding diaryl/α,β-unsaturated/α-hetero) is 1. The minimum atomic E-state index is -0.403. The first-order chi connectivity index (χ1) is 9.36. The fraction of sp³-hybridized carbons (Fsp3) is 0.800. The molecule has 1 amide bonds. The number of cyclic esters (lactones) is 1. The van der Waals surface area contributed by atoms with E-state index in [2.05, 4.69) is 6.92 Å². The van der Waals surface area contributed by atoms with Gasteiger partial charge in [0.15, 0.2) is 0 Å². The van der Waals surface area contributed by atoms with Crippen LogP contribution in [0.1, 0.15) is 46.0 Å². The van der Waals surface area contributed by atoms with E-state index in [9.17, 15) is 14.4 Å². The predicted molar refractivity (Wildman–Crippen MR) is 72.5 cm³/mol. The summed E-state index contributed by atoms with van der Waals surface area (Å²) in [5.74, 6) is -0.332. The Morgan fingerprint density at radius 2 is 1.95 bits per heavy atom. The van der Waals surface area contributed by atoms with Gasteiger partial charge in [-0.3, -0.25) is 14.4 Å². The maximum Gasteiger partial charge on any atom is 0.306 e. The van der Waals surface area contributed by atoms with Crippen molar-refractivity contribution in [3.63, 3.8) is 0 Å². The van der Waals surface area contributed by atoms with Gasteiger partial charge in [-0.1, -0.05) is 13.8 Å². The highest BCUT2D eigenvalue weighted by molar-refractivity contribution is 5.85. The van der Waals surface area contributed by atoms with Crippen LogP contribution in [-0.2, 0) is 19.1 Å². The number of ketones is 1. The third kappa shape index (κ3) is 3.38. The minimum absolute atomic E-state index is 0.0268. The van der Waals surface area contributed by atoms with Crippen LogP contribution in [0.4, 0.5) is 0 Å². The summed E-state index contributed by atoms with van der Waals surface area (Å²) < 4.78 is 5.39. The van der Waals surface area contributed by atoms with Crippen LogP contribution < -0.4 is 5.73 Å². The Kier molecular flexibility index (Phi) is 4.45. The van der Waals surface area contributed by atoms with Crippen molar-refractivity contribution in [3.05, 3.63) is 0 Å². The number of esters is 1. The Morgan fingerprint density at radius 1 is 1.25 bits per heavy atom. The molecule has 0 aromatic heterocycles. The van der Waals surface area contributed by atoms with Crippen LogP contribution >= 0.6 is 0 Å². The van der Waals surface area contributed by atoms with Gasteiger partial charge in [0.05, 0.1) is 5.92 Å². The lowest BCUT2D eigenvalue weighted by atomic mass is 9.71. The number of nitrogens with two attached hydrogens (primary N) is 1. The number of carbonyl (C=O) groups is 3. The summed E-state index contributed by atoms with van der Waals surface area (Å²) in [6.45, 7) is 4.07. The zero-order valence-corrected chi connectivity index (χ0v) is 12.1. The van der Waals surface area contributed by atoms with Crippen LogP contribution in [0.25, 0.3) is 0 Å². The second-order valence-electron chi connectivity index (χ2n) is 6.49.